The van der Waals surface area contributed by atoms with Crippen LogP contribution in [0, 0.1) is 24.7 Å². The first kappa shape index (κ1) is 88.0. The van der Waals surface area contributed by atoms with Gasteiger partial charge in [-0.05, 0) is 111 Å². The number of carbonyl (C=O) groups is 9. The van der Waals surface area contributed by atoms with Crippen LogP contribution < -0.4 is 32.3 Å². The van der Waals surface area contributed by atoms with Gasteiger partial charge < -0.3 is 86.5 Å². The van der Waals surface area contributed by atoms with Gasteiger partial charge >= 0.3 is 41.4 Å². The molecule has 1 saturated heterocycles. The molecule has 109 heavy (non-hydrogen) atoms. The predicted molar refractivity (Wildman–Crippen MR) is 401 cm³/mol. The number of aromatic nitrogens is 3. The number of aliphatic imine (C=N–C) groups is 1. The van der Waals surface area contributed by atoms with Gasteiger partial charge in [-0.2, -0.15) is 8.62 Å². The highest BCUT2D eigenvalue weighted by Crippen LogP contribution is 2.66. The lowest BCUT2D eigenvalue weighted by atomic mass is 9.65. The molecule has 594 valence electrons. The van der Waals surface area contributed by atoms with E-state index in [4.69, 9.17) is 25.2 Å². The average molecular weight is 1620 g/mol. The number of fused-ring (bicyclic) bond motifs is 3. The summed E-state index contributed by atoms with van der Waals surface area (Å²) in [6.07, 6.45) is 5.89. The van der Waals surface area contributed by atoms with Gasteiger partial charge in [-0.3, -0.25) is 47.9 Å². The van der Waals surface area contributed by atoms with Crippen molar-refractivity contribution in [3.05, 3.63) is 111 Å². The summed E-state index contributed by atoms with van der Waals surface area (Å²) in [4.78, 5) is 167. The van der Waals surface area contributed by atoms with Crippen LogP contribution in [0.2, 0.25) is 0 Å². The molecule has 7 rings (SSSR count). The monoisotopic (exact) mass is 1620 g/mol. The third kappa shape index (κ3) is 26.8. The number of anilines is 1. The molecule has 8 unspecified atom stereocenters. The summed E-state index contributed by atoms with van der Waals surface area (Å²) in [5.41, 5.74) is 16.6. The number of nitrogens with zero attached hydrogens (tertiary/aromatic N) is 5. The van der Waals surface area contributed by atoms with Crippen LogP contribution in [0.15, 0.2) is 77.2 Å². The number of phosphoric ester groups is 1. The number of aliphatic hydroxyl groups is 1. The molecule has 1 fully saturated rings. The molecule has 3 heterocycles. The zero-order valence-electron chi connectivity index (χ0n) is 60.5. The number of aliphatic hydroxyl groups excluding tert-OH is 1. The number of unbranched alkanes of at least 4 members (excludes halogenated alkanes) is 2. The molecule has 10 atom stereocenters. The van der Waals surface area contributed by atoms with Crippen molar-refractivity contribution < 1.29 is 115 Å². The molecular formula is C69H92N11O24P3S2. The molecule has 0 bridgehead atoms. The van der Waals surface area contributed by atoms with E-state index in [0.29, 0.717) is 62.4 Å². The third-order valence-electron chi connectivity index (χ3n) is 17.7. The Labute approximate surface area is 636 Å². The number of phosphoric acid groups is 3. The van der Waals surface area contributed by atoms with Crippen LogP contribution in [-0.4, -0.2) is 200 Å². The maximum absolute atomic E-state index is 14.4. The number of aryl methyl sites for hydroxylation is 2. The van der Waals surface area contributed by atoms with Gasteiger partial charge in [0.2, 0.25) is 29.5 Å². The summed E-state index contributed by atoms with van der Waals surface area (Å²) >= 11 is 0. The lowest BCUT2D eigenvalue weighted by Gasteiger charge is -2.38. The second-order valence-corrected chi connectivity index (χ2v) is 33.2. The zero-order valence-corrected chi connectivity index (χ0v) is 64.8. The van der Waals surface area contributed by atoms with Gasteiger partial charge in [-0.25, -0.2) is 28.5 Å². The molecule has 40 heteroatoms. The number of amides is 6. The number of hydrogen-bond donors (Lipinski definition) is 14. The summed E-state index contributed by atoms with van der Waals surface area (Å²) in [7, 11) is -12.6. The quantitative estimate of drug-likeness (QED) is 0.0110. The van der Waals surface area contributed by atoms with Crippen LogP contribution in [0.3, 0.4) is 0 Å². The number of carbonyl (C=O) groups excluding carboxylic acids is 6. The average Bonchev–Trinajstić information content (AvgIpc) is 1.21. The highest BCUT2D eigenvalue weighted by Gasteiger charge is 2.44. The van der Waals surface area contributed by atoms with E-state index < -0.39 is 115 Å². The molecule has 0 spiro atoms. The van der Waals surface area contributed by atoms with Crippen molar-refractivity contribution in [3.63, 3.8) is 0 Å². The van der Waals surface area contributed by atoms with E-state index in [1.54, 1.807) is 11.9 Å². The number of rotatable bonds is 42. The molecule has 3 aliphatic rings. The highest BCUT2D eigenvalue weighted by atomic mass is 33.1. The fourth-order valence-corrected chi connectivity index (χ4v) is 17.8. The van der Waals surface area contributed by atoms with Crippen molar-refractivity contribution >= 4 is 121 Å². The first-order valence-corrected chi connectivity index (χ1v) is 42.0. The van der Waals surface area contributed by atoms with Crippen LogP contribution >= 0.6 is 45.1 Å². The molecular weight excluding hydrogens is 1520 g/mol. The molecule has 0 radical (unpaired) electrons. The van der Waals surface area contributed by atoms with Crippen molar-refractivity contribution in [1.82, 2.24) is 46.0 Å². The third-order valence-corrected chi connectivity index (χ3v) is 24.0. The Balaban J connectivity index is 0.862. The van der Waals surface area contributed by atoms with Gasteiger partial charge in [-0.15, -0.1) is 0 Å². The molecule has 2 aromatic heterocycles. The number of benzene rings is 2. The second-order valence-electron chi connectivity index (χ2n) is 26.0. The van der Waals surface area contributed by atoms with Gasteiger partial charge in [0.25, 0.3) is 5.91 Å². The van der Waals surface area contributed by atoms with Gasteiger partial charge in [0.15, 0.2) is 0 Å². The first-order chi connectivity index (χ1) is 51.6. The molecule has 15 N–H and O–H groups in total. The minimum atomic E-state index is -5.81. The van der Waals surface area contributed by atoms with Crippen molar-refractivity contribution in [2.75, 3.05) is 57.1 Å². The minimum Gasteiger partial charge on any atom is -0.481 e. The van der Waals surface area contributed by atoms with E-state index >= 15 is 0 Å². The highest BCUT2D eigenvalue weighted by molar-refractivity contribution is 8.76. The fourth-order valence-electron chi connectivity index (χ4n) is 12.6. The lowest BCUT2D eigenvalue weighted by Crippen LogP contribution is -2.56. The summed E-state index contributed by atoms with van der Waals surface area (Å²) < 4.78 is 54.3. The minimum absolute atomic E-state index is 0.000682. The number of carboxylic acids is 3. The van der Waals surface area contributed by atoms with E-state index in [0.717, 1.165) is 42.4 Å². The Kier molecular flexibility index (Phi) is 33.3. The van der Waals surface area contributed by atoms with Crippen LogP contribution in [0.1, 0.15) is 160 Å². The maximum atomic E-state index is 14.4. The number of hydrogen-bond acceptors (Lipinski definition) is 23. The van der Waals surface area contributed by atoms with Crippen molar-refractivity contribution in [3.8, 4) is 11.8 Å². The van der Waals surface area contributed by atoms with Crippen LogP contribution in [0.4, 0.5) is 5.82 Å². The SMILES string of the molecule is CCCc1cc2c(cc1C)C(c1ccccc1C(=O)N(C)CCCC(=O)NCCCCCC(=O)NC(CCCSSCCC(=O)NCC#Cc1cn([C@H]3CC(O)[C@@H](COP(=O)(O)OP(=O)(O)OP(=O)(O)O)O3)c3ncnc(N)c13)C(=O)NC(CC(=O)O)C(=O)NC(CC(=O)O)C(=O)O)C1C=C(C)C(=NCC)C=C1C2. The van der Waals surface area contributed by atoms with Gasteiger partial charge in [-0.1, -0.05) is 95.2 Å². The number of nitrogens with one attached hydrogen (secondary N) is 5. The van der Waals surface area contributed by atoms with Crippen LogP contribution in [-0.2, 0) is 82.8 Å². The van der Waals surface area contributed by atoms with Crippen molar-refractivity contribution in [1.29, 1.82) is 0 Å². The molecule has 2 aromatic carbocycles. The molecule has 6 amide bonds. The number of ether oxygens (including phenoxy) is 1. The van der Waals surface area contributed by atoms with Crippen LogP contribution in [0.25, 0.3) is 11.0 Å². The summed E-state index contributed by atoms with van der Waals surface area (Å²) in [5.74, 6) is -2.23. The lowest BCUT2D eigenvalue weighted by molar-refractivity contribution is -0.148. The summed E-state index contributed by atoms with van der Waals surface area (Å²) in [5, 5.41) is 51.7. The number of carboxylic acid groups (broad SMARTS) is 3. The number of nitrogens with two attached hydrogens (primary N) is 1. The Morgan fingerprint density at radius 2 is 1.50 bits per heavy atom. The van der Waals surface area contributed by atoms with Crippen molar-refractivity contribution in [2.24, 2.45) is 10.9 Å². The molecule has 2 aliphatic carbocycles. The zero-order chi connectivity index (χ0) is 79.9. The number of aliphatic carboxylic acids is 3. The standard InChI is InChI=1S/C69H92N11O24P3S2/c1-6-16-42-31-44-32-45-33-51(71-7-2)41(4)30-49(45)63(48(44)29-40(42)3)46-18-10-11-19-47(46)68(91)79(5)26-14-22-56(82)72-24-12-8-9-21-58(84)76-50(66(89)77-52(34-60(85)86)67(90)78-53(69(92)93)35-61(87)88)20-15-27-108-109-28-23-57(83)73-25-13-17-43-37-80(65-62(43)64(70)74-39-75-65)59-36-54(81)55(102-59)38-101-106(97,98)104-107(99,100)103-105(94,95)96/h10-11,18-19,29-31,33,37,39,49-50,52-55,59,63,81H,6-9,12,14-16,20-28,32,34-36,38H2,1-5H3,(H,72,82)(H,73,83)(H,76,84)(H,77,89)(H,78,90)(H,85,86)(H,87,88)(H,92,93)(H,97,98)(H,99,100)(H2,70,74,75)(H2,94,95,96)/t49?,50?,52?,53?,54?,55-,59-,63?/m1/s1. The maximum Gasteiger partial charge on any atom is 0.490 e. The Morgan fingerprint density at radius 3 is 2.20 bits per heavy atom. The smallest absolute Gasteiger partial charge is 0.481 e. The van der Waals surface area contributed by atoms with E-state index in [-0.39, 0.29) is 97.0 Å². The van der Waals surface area contributed by atoms with Crippen LogP contribution in [0.5, 0.6) is 0 Å². The van der Waals surface area contributed by atoms with E-state index in [9.17, 15) is 87.1 Å². The van der Waals surface area contributed by atoms with E-state index in [1.165, 1.54) is 60.2 Å². The normalized spacial score (nSPS) is 19.0. The molecule has 0 saturated carbocycles. The van der Waals surface area contributed by atoms with Gasteiger partial charge in [0.05, 0.1) is 48.8 Å². The number of allylic oxidation sites excluding steroid dienone is 4. The topological polar surface area (TPSA) is 536 Å². The number of nitrogen functional groups attached to an aromatic ring is 1. The molecule has 1 aliphatic heterocycles. The fraction of sp³-hybridized carbons (Fsp3) is 0.507. The summed E-state index contributed by atoms with van der Waals surface area (Å²) in [6.45, 7) is 8.66. The van der Waals surface area contributed by atoms with Crippen molar-refractivity contribution in [2.45, 2.75) is 166 Å². The van der Waals surface area contributed by atoms with Gasteiger partial charge in [0.1, 0.15) is 48.2 Å². The Hall–Kier alpha value is -8.17. The van der Waals surface area contributed by atoms with E-state index in [2.05, 4.69) is 107 Å². The Morgan fingerprint density at radius 1 is 0.807 bits per heavy atom. The molecule has 4 aromatic rings. The predicted octanol–water partition coefficient (Wildman–Crippen LogP) is 5.65. The summed E-state index contributed by atoms with van der Waals surface area (Å²) in [6, 6.07) is 7.23. The largest absolute Gasteiger partial charge is 0.490 e. The molecule has 35 nitrogen and oxygen atoms in total. The van der Waals surface area contributed by atoms with E-state index in [1.807, 2.05) is 30.4 Å². The van der Waals surface area contributed by atoms with Gasteiger partial charge in [0, 0.05) is 87.5 Å². The second kappa shape index (κ2) is 41.2. The first-order valence-electron chi connectivity index (χ1n) is 35.0. The Bertz CT molecular complexity index is 4330.